The zero-order valence-corrected chi connectivity index (χ0v) is 16.6. The first-order valence-electron chi connectivity index (χ1n) is 8.93. The molecule has 2 aromatic carbocycles. The Bertz CT molecular complexity index is 841. The van der Waals surface area contributed by atoms with Gasteiger partial charge in [0, 0.05) is 22.3 Å². The highest BCUT2D eigenvalue weighted by Gasteiger charge is 2.31. The van der Waals surface area contributed by atoms with Crippen molar-refractivity contribution in [2.24, 2.45) is 0 Å². The molecule has 0 aliphatic carbocycles. The fourth-order valence-electron chi connectivity index (χ4n) is 3.21. The zero-order valence-electron chi connectivity index (χ0n) is 15.1. The van der Waals surface area contributed by atoms with E-state index >= 15 is 0 Å². The maximum atomic E-state index is 12.9. The molecular formula is C20H20Cl2FN3O2. The van der Waals surface area contributed by atoms with Gasteiger partial charge in [-0.2, -0.15) is 0 Å². The largest absolute Gasteiger partial charge is 0.351 e. The van der Waals surface area contributed by atoms with Gasteiger partial charge in [-0.05, 0) is 55.3 Å². The van der Waals surface area contributed by atoms with Crippen LogP contribution in [0.1, 0.15) is 18.4 Å². The molecule has 28 heavy (non-hydrogen) atoms. The van der Waals surface area contributed by atoms with Crippen LogP contribution in [0.2, 0.25) is 10.0 Å². The van der Waals surface area contributed by atoms with Gasteiger partial charge in [0.05, 0.1) is 12.6 Å². The Labute approximate surface area is 172 Å². The lowest BCUT2D eigenvalue weighted by Gasteiger charge is -2.23. The summed E-state index contributed by atoms with van der Waals surface area (Å²) in [5, 5.41) is 6.49. The van der Waals surface area contributed by atoms with Crippen molar-refractivity contribution in [1.82, 2.24) is 10.2 Å². The van der Waals surface area contributed by atoms with E-state index < -0.39 is 6.04 Å². The van der Waals surface area contributed by atoms with E-state index in [1.807, 2.05) is 4.90 Å². The van der Waals surface area contributed by atoms with E-state index in [0.29, 0.717) is 35.2 Å². The summed E-state index contributed by atoms with van der Waals surface area (Å²) >= 11 is 11.9. The van der Waals surface area contributed by atoms with Crippen molar-refractivity contribution in [1.29, 1.82) is 0 Å². The van der Waals surface area contributed by atoms with Crippen LogP contribution in [0.25, 0.3) is 0 Å². The van der Waals surface area contributed by atoms with Crippen molar-refractivity contribution in [3.05, 3.63) is 63.9 Å². The van der Waals surface area contributed by atoms with Gasteiger partial charge in [-0.1, -0.05) is 35.3 Å². The molecule has 2 amide bonds. The monoisotopic (exact) mass is 423 g/mol. The lowest BCUT2D eigenvalue weighted by Crippen LogP contribution is -2.44. The summed E-state index contributed by atoms with van der Waals surface area (Å²) in [5.74, 6) is -0.695. The van der Waals surface area contributed by atoms with E-state index in [9.17, 15) is 14.0 Å². The van der Waals surface area contributed by atoms with Gasteiger partial charge in [-0.15, -0.1) is 0 Å². The highest BCUT2D eigenvalue weighted by Crippen LogP contribution is 2.24. The lowest BCUT2D eigenvalue weighted by molar-refractivity contribution is -0.125. The Hall–Kier alpha value is -2.15. The molecule has 1 unspecified atom stereocenters. The normalized spacial score (nSPS) is 16.8. The third kappa shape index (κ3) is 5.67. The summed E-state index contributed by atoms with van der Waals surface area (Å²) in [4.78, 5) is 26.7. The van der Waals surface area contributed by atoms with E-state index in [2.05, 4.69) is 10.6 Å². The van der Waals surface area contributed by atoms with Crippen LogP contribution in [0.15, 0.2) is 42.5 Å². The Balaban J connectivity index is 1.53. The van der Waals surface area contributed by atoms with Crippen LogP contribution >= 0.6 is 23.2 Å². The van der Waals surface area contributed by atoms with E-state index in [1.54, 1.807) is 30.3 Å². The maximum absolute atomic E-state index is 12.9. The summed E-state index contributed by atoms with van der Waals surface area (Å²) in [7, 11) is 0. The number of nitrogens with one attached hydrogen (secondary N) is 2. The van der Waals surface area contributed by atoms with Gasteiger partial charge in [0.25, 0.3) is 0 Å². The zero-order chi connectivity index (χ0) is 20.1. The van der Waals surface area contributed by atoms with E-state index in [0.717, 1.165) is 12.0 Å². The second-order valence-corrected chi connectivity index (χ2v) is 7.55. The van der Waals surface area contributed by atoms with Crippen LogP contribution in [-0.2, 0) is 16.1 Å². The molecule has 1 fully saturated rings. The van der Waals surface area contributed by atoms with E-state index in [4.69, 9.17) is 23.2 Å². The molecule has 1 atom stereocenters. The van der Waals surface area contributed by atoms with Crippen molar-refractivity contribution in [3.8, 4) is 0 Å². The molecule has 148 valence electrons. The number of benzene rings is 2. The second-order valence-electron chi connectivity index (χ2n) is 6.68. The molecule has 1 aliphatic rings. The molecule has 2 aromatic rings. The third-order valence-corrected chi connectivity index (χ3v) is 4.98. The summed E-state index contributed by atoms with van der Waals surface area (Å²) in [6.07, 6.45) is 1.50. The van der Waals surface area contributed by atoms with Crippen molar-refractivity contribution in [3.63, 3.8) is 0 Å². The van der Waals surface area contributed by atoms with Crippen LogP contribution in [-0.4, -0.2) is 35.8 Å². The maximum Gasteiger partial charge on any atom is 0.241 e. The average Bonchev–Trinajstić information content (AvgIpc) is 3.08. The van der Waals surface area contributed by atoms with Gasteiger partial charge >= 0.3 is 0 Å². The van der Waals surface area contributed by atoms with Crippen LogP contribution in [0.4, 0.5) is 10.1 Å². The van der Waals surface area contributed by atoms with Crippen LogP contribution in [0.5, 0.6) is 0 Å². The van der Waals surface area contributed by atoms with E-state index in [-0.39, 0.29) is 24.2 Å². The second kappa shape index (κ2) is 9.37. The number of amides is 2. The standard InChI is InChI=1S/C20H20Cl2FN3O2/c21-14-8-15(22)10-17(9-14)25-20(28)18-2-1-7-26(18)12-19(27)24-11-13-3-5-16(23)6-4-13/h3-6,8-10,18H,1-2,7,11-12H2,(H,24,27)(H,25,28). The molecule has 1 heterocycles. The Morgan fingerprint density at radius 2 is 1.79 bits per heavy atom. The molecule has 2 N–H and O–H groups in total. The number of nitrogens with zero attached hydrogens (tertiary/aromatic N) is 1. The van der Waals surface area contributed by atoms with E-state index in [1.165, 1.54) is 12.1 Å². The first kappa shape index (κ1) is 20.6. The fourth-order valence-corrected chi connectivity index (χ4v) is 3.73. The number of carbonyl (C=O) groups is 2. The highest BCUT2D eigenvalue weighted by molar-refractivity contribution is 6.35. The lowest BCUT2D eigenvalue weighted by atomic mass is 10.2. The summed E-state index contributed by atoms with van der Waals surface area (Å²) < 4.78 is 12.9. The van der Waals surface area contributed by atoms with Crippen LogP contribution in [0.3, 0.4) is 0 Å². The van der Waals surface area contributed by atoms with Gasteiger partial charge < -0.3 is 10.6 Å². The molecule has 0 aromatic heterocycles. The Morgan fingerprint density at radius 1 is 1.11 bits per heavy atom. The van der Waals surface area contributed by atoms with Gasteiger partial charge in [-0.25, -0.2) is 4.39 Å². The average molecular weight is 424 g/mol. The molecule has 3 rings (SSSR count). The van der Waals surface area contributed by atoms with Crippen molar-refractivity contribution in [2.75, 3.05) is 18.4 Å². The minimum atomic E-state index is -0.394. The van der Waals surface area contributed by atoms with Crippen molar-refractivity contribution in [2.45, 2.75) is 25.4 Å². The van der Waals surface area contributed by atoms with Crippen LogP contribution in [0, 0.1) is 5.82 Å². The van der Waals surface area contributed by atoms with Crippen molar-refractivity contribution < 1.29 is 14.0 Å². The number of halogens is 3. The number of hydrogen-bond donors (Lipinski definition) is 2. The van der Waals surface area contributed by atoms with Gasteiger partial charge in [0.1, 0.15) is 5.82 Å². The first-order valence-corrected chi connectivity index (χ1v) is 9.68. The Morgan fingerprint density at radius 3 is 2.46 bits per heavy atom. The molecule has 5 nitrogen and oxygen atoms in total. The summed E-state index contributed by atoms with van der Waals surface area (Å²) in [6, 6.07) is 10.4. The topological polar surface area (TPSA) is 61.4 Å². The quantitative estimate of drug-likeness (QED) is 0.741. The molecule has 0 spiro atoms. The molecule has 0 saturated carbocycles. The Kier molecular flexibility index (Phi) is 6.88. The minimum Gasteiger partial charge on any atom is -0.351 e. The predicted octanol–water partition coefficient (Wildman–Crippen LogP) is 3.85. The number of hydrogen-bond acceptors (Lipinski definition) is 3. The number of likely N-dealkylation sites (tertiary alicyclic amines) is 1. The summed E-state index contributed by atoms with van der Waals surface area (Å²) in [5.41, 5.74) is 1.33. The molecule has 1 aliphatic heterocycles. The SMILES string of the molecule is O=C(CN1CCCC1C(=O)Nc1cc(Cl)cc(Cl)c1)NCc1ccc(F)cc1. The molecular weight excluding hydrogens is 404 g/mol. The third-order valence-electron chi connectivity index (χ3n) is 4.55. The molecule has 0 radical (unpaired) electrons. The highest BCUT2D eigenvalue weighted by atomic mass is 35.5. The van der Waals surface area contributed by atoms with Crippen LogP contribution < -0.4 is 10.6 Å². The van der Waals surface area contributed by atoms with Crippen molar-refractivity contribution >= 4 is 40.7 Å². The van der Waals surface area contributed by atoms with Gasteiger partial charge in [0.15, 0.2) is 0 Å². The number of anilines is 1. The smallest absolute Gasteiger partial charge is 0.241 e. The number of carbonyl (C=O) groups excluding carboxylic acids is 2. The predicted molar refractivity (Wildman–Crippen MR) is 108 cm³/mol. The van der Waals surface area contributed by atoms with Gasteiger partial charge in [-0.3, -0.25) is 14.5 Å². The molecule has 1 saturated heterocycles. The number of rotatable bonds is 6. The fraction of sp³-hybridized carbons (Fsp3) is 0.300. The van der Waals surface area contributed by atoms with Gasteiger partial charge in [0.2, 0.25) is 11.8 Å². The minimum absolute atomic E-state index is 0.121. The molecule has 0 bridgehead atoms. The summed E-state index contributed by atoms with van der Waals surface area (Å²) in [6.45, 7) is 1.10. The first-order chi connectivity index (χ1) is 13.4. The molecule has 8 heteroatoms.